The average molecular weight is 628 g/mol. The lowest BCUT2D eigenvalue weighted by atomic mass is 10.1. The van der Waals surface area contributed by atoms with Crippen LogP contribution in [0, 0.1) is 13.8 Å². The van der Waals surface area contributed by atoms with Crippen LogP contribution < -0.4 is 16.4 Å². The fraction of sp³-hybridized carbons (Fsp3) is 0.310. The fourth-order valence-electron chi connectivity index (χ4n) is 4.29. The van der Waals surface area contributed by atoms with Crippen LogP contribution in [0.1, 0.15) is 46.1 Å². The van der Waals surface area contributed by atoms with Gasteiger partial charge in [-0.05, 0) is 56.5 Å². The molecule has 3 heterocycles. The molecule has 2 aromatic carbocycles. The Balaban J connectivity index is 0.000000324. The molecule has 1 fully saturated rings. The van der Waals surface area contributed by atoms with Crippen molar-refractivity contribution in [3.8, 4) is 5.82 Å². The highest BCUT2D eigenvalue weighted by Crippen LogP contribution is 2.19. The normalized spacial score (nSPS) is 14.3. The van der Waals surface area contributed by atoms with Crippen molar-refractivity contribution in [2.45, 2.75) is 43.7 Å². The number of benzene rings is 2. The van der Waals surface area contributed by atoms with E-state index in [0.717, 1.165) is 42.7 Å². The third-order valence-corrected chi connectivity index (χ3v) is 7.77. The number of ether oxygens (including phenoxy) is 1. The molecule has 1 amide bonds. The van der Waals surface area contributed by atoms with E-state index >= 15 is 0 Å². The molecule has 0 unspecified atom stereocenters. The van der Waals surface area contributed by atoms with E-state index in [2.05, 4.69) is 25.6 Å². The number of rotatable bonds is 8. The van der Waals surface area contributed by atoms with E-state index in [1.165, 1.54) is 12.1 Å². The molecule has 0 aliphatic carbocycles. The van der Waals surface area contributed by atoms with Crippen LogP contribution in [0.4, 0.5) is 5.95 Å². The zero-order valence-corrected chi connectivity index (χ0v) is 25.3. The van der Waals surface area contributed by atoms with Crippen molar-refractivity contribution in [3.63, 3.8) is 0 Å². The van der Waals surface area contributed by atoms with Gasteiger partial charge in [-0.2, -0.15) is 13.4 Å². The van der Waals surface area contributed by atoms with Gasteiger partial charge in [0.2, 0.25) is 5.95 Å². The van der Waals surface area contributed by atoms with E-state index in [4.69, 9.17) is 26.6 Å². The van der Waals surface area contributed by atoms with E-state index in [9.17, 15) is 13.2 Å². The first-order valence-electron chi connectivity index (χ1n) is 13.6. The number of amides is 1. The van der Waals surface area contributed by atoms with Crippen molar-refractivity contribution >= 4 is 33.6 Å². The van der Waals surface area contributed by atoms with Gasteiger partial charge >= 0.3 is 0 Å². The molecule has 0 saturated carbocycles. The summed E-state index contributed by atoms with van der Waals surface area (Å²) in [5.41, 5.74) is 8.80. The number of nitrogens with zero attached hydrogens (tertiary/aromatic N) is 4. The number of hydrogen-bond acceptors (Lipinski definition) is 9. The number of anilines is 1. The molecule has 43 heavy (non-hydrogen) atoms. The number of aryl methyl sites for hydroxylation is 2. The van der Waals surface area contributed by atoms with Crippen LogP contribution in [-0.2, 0) is 14.9 Å². The molecule has 5 N–H and O–H groups in total. The van der Waals surface area contributed by atoms with Crippen LogP contribution in [0.3, 0.4) is 0 Å². The minimum absolute atomic E-state index is 0.0666. The minimum atomic E-state index is -4.02. The van der Waals surface area contributed by atoms with E-state index in [1.807, 2.05) is 26.0 Å². The van der Waals surface area contributed by atoms with Crippen LogP contribution in [0.25, 0.3) is 5.82 Å². The first-order valence-corrected chi connectivity index (χ1v) is 15.4. The van der Waals surface area contributed by atoms with Gasteiger partial charge in [0, 0.05) is 48.8 Å². The third-order valence-electron chi connectivity index (χ3n) is 6.67. The second-order valence-corrected chi connectivity index (χ2v) is 11.9. The first kappa shape index (κ1) is 32.0. The molecule has 12 nitrogen and oxygen atoms in total. The van der Waals surface area contributed by atoms with Crippen molar-refractivity contribution in [1.82, 2.24) is 24.8 Å². The maximum Gasteiger partial charge on any atom is 0.294 e. The first-order chi connectivity index (χ1) is 20.5. The number of carbonyl (C=O) groups excluding carboxylic acids is 1. The monoisotopic (exact) mass is 627 g/mol. The Morgan fingerprint density at radius 3 is 2.53 bits per heavy atom. The highest BCUT2D eigenvalue weighted by Gasteiger charge is 2.19. The lowest BCUT2D eigenvalue weighted by molar-refractivity contribution is 0.0903. The smallest absolute Gasteiger partial charge is 0.294 e. The fourth-order valence-corrected chi connectivity index (χ4v) is 4.97. The SMILES string of the molecule is Cc1ccc(S(=O)(=O)O)cc1.Cc1cnc(NC2CCOCC2)nc1-n1cnc(C(=O)N[C@H](CN)c2cccc(Cl)c2)c1. The predicted octanol–water partition coefficient (Wildman–Crippen LogP) is 3.89. The van der Waals surface area contributed by atoms with Gasteiger partial charge in [0.05, 0.1) is 10.9 Å². The van der Waals surface area contributed by atoms with Gasteiger partial charge in [0.25, 0.3) is 16.0 Å². The quantitative estimate of drug-likeness (QED) is 0.210. The largest absolute Gasteiger partial charge is 0.381 e. The number of nitrogens with two attached hydrogens (primary N) is 1. The van der Waals surface area contributed by atoms with Gasteiger partial charge < -0.3 is 21.1 Å². The van der Waals surface area contributed by atoms with Crippen LogP contribution in [-0.4, -0.2) is 64.2 Å². The average Bonchev–Trinajstić information content (AvgIpc) is 3.48. The molecule has 2 aromatic heterocycles. The number of carbonyl (C=O) groups is 1. The molecule has 4 aromatic rings. The molecular weight excluding hydrogens is 594 g/mol. The van der Waals surface area contributed by atoms with Crippen molar-refractivity contribution < 1.29 is 22.5 Å². The van der Waals surface area contributed by atoms with Crippen LogP contribution in [0.15, 0.2) is 72.1 Å². The van der Waals surface area contributed by atoms with Gasteiger partial charge in [0.1, 0.15) is 17.8 Å². The van der Waals surface area contributed by atoms with E-state index in [0.29, 0.717) is 16.8 Å². The van der Waals surface area contributed by atoms with E-state index < -0.39 is 10.1 Å². The molecule has 1 aliphatic heterocycles. The third kappa shape index (κ3) is 9.05. The van der Waals surface area contributed by atoms with Gasteiger partial charge in [0.15, 0.2) is 0 Å². The molecule has 1 saturated heterocycles. The van der Waals surface area contributed by atoms with Crippen LogP contribution >= 0.6 is 11.6 Å². The molecule has 1 aliphatic rings. The molecule has 0 spiro atoms. The van der Waals surface area contributed by atoms with E-state index in [1.54, 1.807) is 47.6 Å². The molecule has 14 heteroatoms. The lowest BCUT2D eigenvalue weighted by Gasteiger charge is -2.23. The zero-order valence-electron chi connectivity index (χ0n) is 23.8. The predicted molar refractivity (Wildman–Crippen MR) is 163 cm³/mol. The molecule has 0 bridgehead atoms. The summed E-state index contributed by atoms with van der Waals surface area (Å²) in [6.07, 6.45) is 6.80. The molecule has 5 rings (SSSR count). The summed E-state index contributed by atoms with van der Waals surface area (Å²) in [5, 5.41) is 6.87. The Bertz CT molecular complexity index is 1640. The van der Waals surface area contributed by atoms with Gasteiger partial charge in [-0.15, -0.1) is 0 Å². The van der Waals surface area contributed by atoms with Crippen molar-refractivity contribution in [1.29, 1.82) is 0 Å². The van der Waals surface area contributed by atoms with E-state index in [-0.39, 0.29) is 35.1 Å². The molecule has 228 valence electrons. The Kier molecular flexibility index (Phi) is 10.8. The van der Waals surface area contributed by atoms with Crippen molar-refractivity contribution in [2.75, 3.05) is 25.1 Å². The Labute approximate surface area is 255 Å². The van der Waals surface area contributed by atoms with Crippen LogP contribution in [0.2, 0.25) is 5.02 Å². The number of hydrogen-bond donors (Lipinski definition) is 4. The van der Waals surface area contributed by atoms with Crippen LogP contribution in [0.5, 0.6) is 0 Å². The summed E-state index contributed by atoms with van der Waals surface area (Å²) in [6, 6.07) is 13.2. The minimum Gasteiger partial charge on any atom is -0.381 e. The summed E-state index contributed by atoms with van der Waals surface area (Å²) in [6.45, 7) is 5.45. The van der Waals surface area contributed by atoms with Crippen molar-refractivity contribution in [3.05, 3.63) is 94.7 Å². The topological polar surface area (TPSA) is 174 Å². The molecular formula is C29H34ClN7O5S. The van der Waals surface area contributed by atoms with Gasteiger partial charge in [-0.1, -0.05) is 41.4 Å². The van der Waals surface area contributed by atoms with Gasteiger partial charge in [-0.25, -0.2) is 9.97 Å². The highest BCUT2D eigenvalue weighted by molar-refractivity contribution is 7.85. The summed E-state index contributed by atoms with van der Waals surface area (Å²) in [4.78, 5) is 26.0. The maximum atomic E-state index is 12.8. The number of nitrogens with one attached hydrogen (secondary N) is 2. The van der Waals surface area contributed by atoms with Gasteiger partial charge in [-0.3, -0.25) is 13.9 Å². The number of imidazole rings is 1. The Hall–Kier alpha value is -3.88. The summed E-state index contributed by atoms with van der Waals surface area (Å²) >= 11 is 6.07. The zero-order chi connectivity index (χ0) is 31.0. The summed E-state index contributed by atoms with van der Waals surface area (Å²) in [5.74, 6) is 0.874. The second-order valence-electron chi connectivity index (χ2n) is 10.0. The van der Waals surface area contributed by atoms with Crippen molar-refractivity contribution in [2.24, 2.45) is 5.73 Å². The summed E-state index contributed by atoms with van der Waals surface area (Å²) < 4.78 is 36.7. The second kappa shape index (κ2) is 14.5. The highest BCUT2D eigenvalue weighted by atomic mass is 35.5. The number of halogens is 1. The lowest BCUT2D eigenvalue weighted by Crippen LogP contribution is -2.33. The standard InChI is InChI=1S/C22H26ClN7O2.C7H8O3S/c1-14-11-25-22(27-17-5-7-32-8-6-17)29-20(14)30-12-19(26-13-30)21(31)28-18(10-24)15-3-2-4-16(23)9-15;1-6-2-4-7(5-3-6)11(8,9)10/h2-4,9,11-13,17-18H,5-8,10,24H2,1H3,(H,28,31)(H,25,27,29);2-5H,1H3,(H,8,9,10)/t18-;/m1./s1. The Morgan fingerprint density at radius 2 is 1.88 bits per heavy atom. The number of aromatic nitrogens is 4. The Morgan fingerprint density at radius 1 is 1.16 bits per heavy atom. The summed E-state index contributed by atoms with van der Waals surface area (Å²) in [7, 11) is -4.02. The molecule has 1 atom stereocenters. The molecule has 0 radical (unpaired) electrons. The maximum absolute atomic E-state index is 12.8.